The molecule has 36 heavy (non-hydrogen) atoms. The number of carbonyl (C=O) groups is 1. The molecule has 1 saturated heterocycles. The van der Waals surface area contributed by atoms with Gasteiger partial charge in [0, 0.05) is 17.7 Å². The zero-order chi connectivity index (χ0) is 27.0. The number of ether oxygens (including phenoxy) is 2. The van der Waals surface area contributed by atoms with Gasteiger partial charge in [0.1, 0.15) is 24.1 Å². The maximum absolute atomic E-state index is 13.7. The topological polar surface area (TPSA) is 158 Å². The number of H-pyrrole nitrogens is 1. The Morgan fingerprint density at radius 2 is 2.03 bits per heavy atom. The number of rotatable bonds is 10. The third-order valence-corrected chi connectivity index (χ3v) is 7.68. The van der Waals surface area contributed by atoms with Gasteiger partial charge < -0.3 is 19.1 Å². The molecule has 4 rings (SSSR count). The first-order valence-electron chi connectivity index (χ1n) is 12.1. The Balaban J connectivity index is 1.53. The van der Waals surface area contributed by atoms with E-state index >= 15 is 0 Å². The molecule has 2 fully saturated rings. The van der Waals surface area contributed by atoms with E-state index in [0.717, 1.165) is 10.8 Å². The molecule has 1 aliphatic carbocycles. The highest BCUT2D eigenvalue weighted by atomic mass is 31.2. The summed E-state index contributed by atoms with van der Waals surface area (Å²) in [5.74, 6) is -0.441. The van der Waals surface area contributed by atoms with Crippen molar-refractivity contribution in [1.82, 2.24) is 14.6 Å². The molecule has 0 radical (unpaired) electrons. The van der Waals surface area contributed by atoms with Crippen molar-refractivity contribution in [3.63, 3.8) is 0 Å². The van der Waals surface area contributed by atoms with Crippen LogP contribution in [-0.4, -0.2) is 51.6 Å². The number of nitrogens with zero attached hydrogens (tertiary/aromatic N) is 1. The summed E-state index contributed by atoms with van der Waals surface area (Å²) in [6.45, 7) is 4.41. The number of nitrogens with one attached hydrogen (secondary N) is 2. The van der Waals surface area contributed by atoms with Crippen LogP contribution in [0.15, 0.2) is 52.2 Å². The first-order chi connectivity index (χ1) is 17.4. The maximum Gasteiger partial charge on any atom is 0.459 e. The predicted molar refractivity (Wildman–Crippen MR) is 127 cm³/mol. The van der Waals surface area contributed by atoms with Crippen molar-refractivity contribution in [2.45, 2.75) is 64.2 Å². The van der Waals surface area contributed by atoms with Crippen molar-refractivity contribution in [3.05, 3.63) is 63.4 Å². The van der Waals surface area contributed by atoms with Gasteiger partial charge in [-0.1, -0.05) is 18.2 Å². The summed E-state index contributed by atoms with van der Waals surface area (Å²) in [6, 6.07) is 6.73. The smallest absolute Gasteiger partial charge is 0.459 e. The summed E-state index contributed by atoms with van der Waals surface area (Å²) in [4.78, 5) is 38.4. The molecule has 1 aromatic heterocycles. The molecule has 13 heteroatoms. The Bertz CT molecular complexity index is 1290. The molecule has 1 aliphatic heterocycles. The number of hydrogen-bond donors (Lipinski definition) is 3. The summed E-state index contributed by atoms with van der Waals surface area (Å²) in [5, 5.41) is 13.6. The van der Waals surface area contributed by atoms with Crippen molar-refractivity contribution in [3.8, 4) is 5.75 Å². The van der Waals surface area contributed by atoms with Crippen molar-refractivity contribution >= 4 is 13.7 Å². The fraction of sp³-hybridized carbons (Fsp3) is 0.522. The van der Waals surface area contributed by atoms with E-state index in [1.54, 1.807) is 44.2 Å². The van der Waals surface area contributed by atoms with E-state index in [1.807, 2.05) is 0 Å². The van der Waals surface area contributed by atoms with E-state index in [-0.39, 0.29) is 11.9 Å². The summed E-state index contributed by atoms with van der Waals surface area (Å²) in [6.07, 6.45) is -1.35. The lowest BCUT2D eigenvalue weighted by molar-refractivity contribution is -0.149. The molecule has 2 heterocycles. The zero-order valence-corrected chi connectivity index (χ0v) is 21.0. The van der Waals surface area contributed by atoms with Crippen LogP contribution in [0.3, 0.4) is 0 Å². The van der Waals surface area contributed by atoms with E-state index in [1.165, 1.54) is 6.92 Å². The number of aromatic amines is 1. The first kappa shape index (κ1) is 24.9. The second-order valence-corrected chi connectivity index (χ2v) is 10.9. The highest BCUT2D eigenvalue weighted by Gasteiger charge is 2.64. The van der Waals surface area contributed by atoms with Gasteiger partial charge in [-0.3, -0.25) is 23.7 Å². The van der Waals surface area contributed by atoms with Gasteiger partial charge >= 0.3 is 19.4 Å². The molecule has 0 unspecified atom stereocenters. The highest BCUT2D eigenvalue weighted by molar-refractivity contribution is 7.52. The Morgan fingerprint density at radius 1 is 1.33 bits per heavy atom. The number of esters is 1. The quantitative estimate of drug-likeness (QED) is 0.309. The number of aromatic nitrogens is 2. The number of carbonyl (C=O) groups excluding carboxylic acids is 1. The summed E-state index contributed by atoms with van der Waals surface area (Å²) < 4.78 is 44.9. The van der Waals surface area contributed by atoms with Gasteiger partial charge in [-0.2, -0.15) is 5.09 Å². The lowest BCUT2D eigenvalue weighted by Gasteiger charge is -2.25. The minimum Gasteiger partial charge on any atom is -0.462 e. The van der Waals surface area contributed by atoms with Crippen molar-refractivity contribution < 1.29 is 34.4 Å². The van der Waals surface area contributed by atoms with E-state index < -0.39 is 67.5 Å². The largest absolute Gasteiger partial charge is 0.462 e. The molecule has 12 nitrogen and oxygen atoms in total. The highest BCUT2D eigenvalue weighted by Crippen LogP contribution is 2.62. The molecular weight excluding hydrogens is 493 g/mol. The van der Waals surface area contributed by atoms with E-state index in [9.17, 15) is 24.1 Å². The Hall–Kier alpha value is -2.76. The molecule has 1 spiro atoms. The standard InChI is InChI=1S/C23H30N3O9P/c1-14(2)33-20(29)15(3)25-36(31,35-16-7-5-4-6-8-16)32-13-17-19(28)23(10-11-23)21(34-17)26-12-9-18(27)24-22(26)30/h4-9,12,14-15,17,19,21,28H,10-11,13H2,1-3H3,(H,25,31)(H,24,27,30)/t15-,17+,19+,21+,36-/m0/s1/i9D. The SMILES string of the molecule is [2H]c1cn([C@@H]2O[C@H](CO[P@@](=O)(N[C@@H](C)C(=O)OC(C)C)Oc3ccccc3)[C@@H](O)C23CC3)c(=O)[nH]c1=O. The predicted octanol–water partition coefficient (Wildman–Crippen LogP) is 1.71. The summed E-state index contributed by atoms with van der Waals surface area (Å²) in [7, 11) is -4.20. The summed E-state index contributed by atoms with van der Waals surface area (Å²) in [5.41, 5.74) is -2.43. The van der Waals surface area contributed by atoms with Crippen LogP contribution >= 0.6 is 7.75 Å². The third kappa shape index (κ3) is 5.63. The van der Waals surface area contributed by atoms with E-state index in [0.29, 0.717) is 12.8 Å². The number of para-hydroxylation sites is 1. The third-order valence-electron chi connectivity index (χ3n) is 6.04. The normalized spacial score (nSPS) is 25.2. The average Bonchev–Trinajstić information content (AvgIpc) is 3.58. The number of benzene rings is 1. The number of hydrogen-bond acceptors (Lipinski definition) is 9. The van der Waals surface area contributed by atoms with Gasteiger partial charge in [0.15, 0.2) is 0 Å². The van der Waals surface area contributed by atoms with Crippen LogP contribution in [0.5, 0.6) is 5.75 Å². The lowest BCUT2D eigenvalue weighted by Crippen LogP contribution is -2.37. The minimum absolute atomic E-state index is 0.218. The van der Waals surface area contributed by atoms with Gasteiger partial charge in [0.2, 0.25) is 0 Å². The molecule has 0 bridgehead atoms. The Labute approximate surface area is 208 Å². The molecule has 3 N–H and O–H groups in total. The van der Waals surface area contributed by atoms with Gasteiger partial charge in [0.05, 0.1) is 20.2 Å². The molecule has 5 atom stereocenters. The van der Waals surface area contributed by atoms with Crippen LogP contribution in [0.1, 0.15) is 41.2 Å². The molecule has 2 aliphatic rings. The Kier molecular flexibility index (Phi) is 7.14. The van der Waals surface area contributed by atoms with E-state index in [4.69, 9.17) is 19.9 Å². The fourth-order valence-corrected chi connectivity index (χ4v) is 5.62. The van der Waals surface area contributed by atoms with Gasteiger partial charge in [-0.05, 0) is 45.7 Å². The second-order valence-electron chi connectivity index (χ2n) is 9.18. The van der Waals surface area contributed by atoms with Gasteiger partial charge in [0.25, 0.3) is 5.56 Å². The fourth-order valence-electron chi connectivity index (χ4n) is 4.12. The first-order valence-corrected chi connectivity index (χ1v) is 13.1. The number of aliphatic hydroxyl groups excluding tert-OH is 1. The number of aliphatic hydroxyl groups is 1. The minimum atomic E-state index is -4.20. The van der Waals surface area contributed by atoms with Crippen LogP contribution in [0.25, 0.3) is 0 Å². The molecule has 0 amide bonds. The molecule has 196 valence electrons. The molecule has 2 aromatic rings. The molecule has 1 saturated carbocycles. The molecule has 1 aromatic carbocycles. The van der Waals surface area contributed by atoms with Crippen LogP contribution < -0.4 is 20.9 Å². The van der Waals surface area contributed by atoms with Crippen LogP contribution in [0, 0.1) is 5.41 Å². The van der Waals surface area contributed by atoms with Gasteiger partial charge in [-0.25, -0.2) is 9.36 Å². The zero-order valence-electron chi connectivity index (χ0n) is 21.1. The van der Waals surface area contributed by atoms with Crippen molar-refractivity contribution in [1.29, 1.82) is 0 Å². The average molecular weight is 524 g/mol. The van der Waals surface area contributed by atoms with Crippen LogP contribution in [0.2, 0.25) is 0 Å². The van der Waals surface area contributed by atoms with Crippen LogP contribution in [0.4, 0.5) is 0 Å². The summed E-state index contributed by atoms with van der Waals surface area (Å²) >= 11 is 0. The Morgan fingerprint density at radius 3 is 2.67 bits per heavy atom. The van der Waals surface area contributed by atoms with Gasteiger partial charge in [-0.15, -0.1) is 0 Å². The lowest BCUT2D eigenvalue weighted by atomic mass is 9.96. The van der Waals surface area contributed by atoms with Crippen molar-refractivity contribution in [2.75, 3.05) is 6.61 Å². The molecular formula is C23H30N3O9P. The van der Waals surface area contributed by atoms with Crippen LogP contribution in [-0.2, 0) is 23.4 Å². The van der Waals surface area contributed by atoms with E-state index in [2.05, 4.69) is 10.1 Å². The van der Waals surface area contributed by atoms with Crippen molar-refractivity contribution in [2.24, 2.45) is 5.41 Å². The second kappa shape index (κ2) is 10.3. The maximum atomic E-state index is 13.7. The monoisotopic (exact) mass is 524 g/mol.